The minimum absolute atomic E-state index is 0.0899. The van der Waals surface area contributed by atoms with E-state index in [1.807, 2.05) is 42.6 Å². The third kappa shape index (κ3) is 5.60. The first kappa shape index (κ1) is 20.9. The van der Waals surface area contributed by atoms with Crippen molar-refractivity contribution in [2.45, 2.75) is 33.2 Å². The number of aromatic nitrogens is 1. The van der Waals surface area contributed by atoms with Crippen molar-refractivity contribution in [3.63, 3.8) is 0 Å². The second kappa shape index (κ2) is 9.60. The summed E-state index contributed by atoms with van der Waals surface area (Å²) in [5.74, 6) is 2.41. The van der Waals surface area contributed by atoms with Crippen LogP contribution in [0.1, 0.15) is 38.1 Å². The molecule has 1 aromatic carbocycles. The van der Waals surface area contributed by atoms with Gasteiger partial charge in [0.1, 0.15) is 0 Å². The second-order valence-electron chi connectivity index (χ2n) is 7.20. The van der Waals surface area contributed by atoms with Crippen molar-refractivity contribution in [1.29, 1.82) is 0 Å². The Kier molecular flexibility index (Phi) is 6.93. The van der Waals surface area contributed by atoms with Gasteiger partial charge < -0.3 is 19.2 Å². The van der Waals surface area contributed by atoms with Crippen molar-refractivity contribution in [3.05, 3.63) is 53.2 Å². The summed E-state index contributed by atoms with van der Waals surface area (Å²) in [4.78, 5) is 16.9. The molecule has 0 aliphatic carbocycles. The van der Waals surface area contributed by atoms with E-state index in [1.165, 1.54) is 11.3 Å². The molecule has 2 heterocycles. The molecule has 7 heteroatoms. The number of rotatable bonds is 9. The van der Waals surface area contributed by atoms with Gasteiger partial charge >= 0.3 is 0 Å². The van der Waals surface area contributed by atoms with Gasteiger partial charge in [0, 0.05) is 5.38 Å². The molecule has 6 nitrogen and oxygen atoms in total. The lowest BCUT2D eigenvalue weighted by molar-refractivity contribution is -0.121. The molecule has 0 saturated heterocycles. The number of furan rings is 1. The van der Waals surface area contributed by atoms with Crippen molar-refractivity contribution >= 4 is 17.2 Å². The predicted molar refractivity (Wildman–Crippen MR) is 113 cm³/mol. The molecule has 1 amide bonds. The normalized spacial score (nSPS) is 12.0. The first-order valence-corrected chi connectivity index (χ1v) is 10.4. The van der Waals surface area contributed by atoms with Crippen molar-refractivity contribution < 1.29 is 18.7 Å². The zero-order valence-corrected chi connectivity index (χ0v) is 17.9. The predicted octanol–water partition coefficient (Wildman–Crippen LogP) is 4.87. The number of nitrogens with one attached hydrogen (secondary N) is 1. The van der Waals surface area contributed by atoms with E-state index in [4.69, 9.17) is 13.9 Å². The van der Waals surface area contributed by atoms with E-state index in [0.29, 0.717) is 29.8 Å². The van der Waals surface area contributed by atoms with Gasteiger partial charge in [0.05, 0.1) is 38.1 Å². The van der Waals surface area contributed by atoms with Gasteiger partial charge in [-0.05, 0) is 42.7 Å². The summed E-state index contributed by atoms with van der Waals surface area (Å²) in [5.41, 5.74) is 1.67. The van der Waals surface area contributed by atoms with Crippen LogP contribution < -0.4 is 14.8 Å². The average Bonchev–Trinajstić information content (AvgIpc) is 3.37. The van der Waals surface area contributed by atoms with E-state index in [0.717, 1.165) is 16.3 Å². The van der Waals surface area contributed by atoms with Gasteiger partial charge in [0.25, 0.3) is 0 Å². The van der Waals surface area contributed by atoms with Crippen LogP contribution in [0.3, 0.4) is 0 Å². The van der Waals surface area contributed by atoms with Crippen LogP contribution >= 0.6 is 11.3 Å². The van der Waals surface area contributed by atoms with Crippen LogP contribution in [0.5, 0.6) is 11.5 Å². The molecule has 1 N–H and O–H groups in total. The highest BCUT2D eigenvalue weighted by Gasteiger charge is 2.15. The van der Waals surface area contributed by atoms with Crippen LogP contribution in [0.25, 0.3) is 10.8 Å². The molecule has 0 saturated carbocycles. The number of carbonyl (C=O) groups excluding carboxylic acids is 1. The summed E-state index contributed by atoms with van der Waals surface area (Å²) in [5, 5.41) is 5.67. The van der Waals surface area contributed by atoms with E-state index >= 15 is 0 Å². The number of nitrogens with zero attached hydrogens (tertiary/aromatic N) is 1. The fraction of sp³-hybridized carbons (Fsp3) is 0.364. The number of carbonyl (C=O) groups is 1. The minimum atomic E-state index is -0.168. The molecule has 2 aromatic heterocycles. The van der Waals surface area contributed by atoms with Gasteiger partial charge in [-0.15, -0.1) is 11.3 Å². The molecule has 0 aliphatic heterocycles. The Labute approximate surface area is 174 Å². The fourth-order valence-corrected chi connectivity index (χ4v) is 3.56. The topological polar surface area (TPSA) is 73.6 Å². The SMILES string of the molecule is COc1cc(C(C)NC(=O)Cc2csc(-c3ccco3)n2)ccc1OCC(C)C. The van der Waals surface area contributed by atoms with Crippen LogP contribution in [0.15, 0.2) is 46.4 Å². The molecule has 0 radical (unpaired) electrons. The van der Waals surface area contributed by atoms with Crippen LogP contribution in [0.4, 0.5) is 0 Å². The van der Waals surface area contributed by atoms with Crippen LogP contribution in [-0.2, 0) is 11.2 Å². The Hall–Kier alpha value is -2.80. The second-order valence-corrected chi connectivity index (χ2v) is 8.06. The Morgan fingerprint density at radius 1 is 1.24 bits per heavy atom. The van der Waals surface area contributed by atoms with E-state index in [2.05, 4.69) is 24.1 Å². The first-order valence-electron chi connectivity index (χ1n) is 9.54. The third-order valence-electron chi connectivity index (χ3n) is 4.26. The first-order chi connectivity index (χ1) is 14.0. The molecule has 1 atom stereocenters. The van der Waals surface area contributed by atoms with Gasteiger partial charge in [-0.2, -0.15) is 0 Å². The monoisotopic (exact) mass is 414 g/mol. The van der Waals surface area contributed by atoms with Gasteiger partial charge in [0.2, 0.25) is 5.91 Å². The maximum Gasteiger partial charge on any atom is 0.226 e. The van der Waals surface area contributed by atoms with E-state index in [-0.39, 0.29) is 18.4 Å². The Morgan fingerprint density at radius 3 is 2.76 bits per heavy atom. The molecule has 3 aromatic rings. The molecule has 29 heavy (non-hydrogen) atoms. The quantitative estimate of drug-likeness (QED) is 0.541. The Bertz CT molecular complexity index is 934. The van der Waals surface area contributed by atoms with Gasteiger partial charge in [-0.1, -0.05) is 19.9 Å². The number of benzene rings is 1. The lowest BCUT2D eigenvalue weighted by Gasteiger charge is -2.17. The molecule has 3 rings (SSSR count). The zero-order chi connectivity index (χ0) is 20.8. The lowest BCUT2D eigenvalue weighted by Crippen LogP contribution is -2.28. The van der Waals surface area contributed by atoms with Gasteiger partial charge in [-0.3, -0.25) is 4.79 Å². The molecule has 0 fully saturated rings. The standard InChI is InChI=1S/C22H26N2O4S/c1-14(2)12-28-18-8-7-16(10-20(18)26-4)15(3)23-21(25)11-17-13-29-22(24-17)19-6-5-9-27-19/h5-10,13-15H,11-12H2,1-4H3,(H,23,25). The molecule has 0 bridgehead atoms. The van der Waals surface area contributed by atoms with Crippen LogP contribution in [-0.4, -0.2) is 24.6 Å². The molecule has 154 valence electrons. The van der Waals surface area contributed by atoms with E-state index in [1.54, 1.807) is 13.4 Å². The van der Waals surface area contributed by atoms with Gasteiger partial charge in [0.15, 0.2) is 22.3 Å². The Morgan fingerprint density at radius 2 is 2.07 bits per heavy atom. The lowest BCUT2D eigenvalue weighted by atomic mass is 10.1. The summed E-state index contributed by atoms with van der Waals surface area (Å²) >= 11 is 1.46. The molecular weight excluding hydrogens is 388 g/mol. The number of hydrogen-bond acceptors (Lipinski definition) is 6. The average molecular weight is 415 g/mol. The van der Waals surface area contributed by atoms with Crippen LogP contribution in [0.2, 0.25) is 0 Å². The highest BCUT2D eigenvalue weighted by Crippen LogP contribution is 2.31. The van der Waals surface area contributed by atoms with Gasteiger partial charge in [-0.25, -0.2) is 4.98 Å². The molecule has 1 unspecified atom stereocenters. The summed E-state index contributed by atoms with van der Waals surface area (Å²) in [6, 6.07) is 9.23. The largest absolute Gasteiger partial charge is 0.493 e. The molecule has 0 spiro atoms. The summed E-state index contributed by atoms with van der Waals surface area (Å²) in [6.45, 7) is 6.75. The zero-order valence-electron chi connectivity index (χ0n) is 17.1. The highest BCUT2D eigenvalue weighted by atomic mass is 32.1. The number of methoxy groups -OCH3 is 1. The van der Waals surface area contributed by atoms with Crippen LogP contribution in [0, 0.1) is 5.92 Å². The van der Waals surface area contributed by atoms with E-state index in [9.17, 15) is 4.79 Å². The summed E-state index contributed by atoms with van der Waals surface area (Å²) in [6.07, 6.45) is 1.83. The van der Waals surface area contributed by atoms with E-state index < -0.39 is 0 Å². The molecule has 0 aliphatic rings. The maximum atomic E-state index is 12.5. The number of amides is 1. The number of hydrogen-bond donors (Lipinski definition) is 1. The minimum Gasteiger partial charge on any atom is -0.493 e. The molecular formula is C22H26N2O4S. The van der Waals surface area contributed by atoms with Crippen molar-refractivity contribution in [1.82, 2.24) is 10.3 Å². The van der Waals surface area contributed by atoms with Crippen molar-refractivity contribution in [2.75, 3.05) is 13.7 Å². The number of ether oxygens (including phenoxy) is 2. The highest BCUT2D eigenvalue weighted by molar-refractivity contribution is 7.13. The van der Waals surface area contributed by atoms with Crippen molar-refractivity contribution in [2.24, 2.45) is 5.92 Å². The number of thiazole rings is 1. The summed E-state index contributed by atoms with van der Waals surface area (Å²) in [7, 11) is 1.61. The smallest absolute Gasteiger partial charge is 0.226 e. The van der Waals surface area contributed by atoms with Crippen molar-refractivity contribution in [3.8, 4) is 22.3 Å². The third-order valence-corrected chi connectivity index (χ3v) is 5.17. The summed E-state index contributed by atoms with van der Waals surface area (Å²) < 4.78 is 16.6. The fourth-order valence-electron chi connectivity index (χ4n) is 2.77. The Balaban J connectivity index is 1.60. The maximum absolute atomic E-state index is 12.5.